The van der Waals surface area contributed by atoms with Crippen molar-refractivity contribution in [1.82, 2.24) is 4.98 Å². The first-order chi connectivity index (χ1) is 14.5. The van der Waals surface area contributed by atoms with Gasteiger partial charge in [-0.2, -0.15) is 0 Å². The number of carbonyl (C=O) groups excluding carboxylic acids is 1. The molecule has 0 bridgehead atoms. The number of nitrogens with zero attached hydrogens (tertiary/aromatic N) is 1. The monoisotopic (exact) mass is 442 g/mol. The van der Waals surface area contributed by atoms with E-state index >= 15 is 0 Å². The highest BCUT2D eigenvalue weighted by molar-refractivity contribution is 6.37. The summed E-state index contributed by atoms with van der Waals surface area (Å²) >= 11 is 12.3. The van der Waals surface area contributed by atoms with Gasteiger partial charge in [-0.3, -0.25) is 4.79 Å². The molecule has 0 fully saturated rings. The lowest BCUT2D eigenvalue weighted by Gasteiger charge is -2.12. The Labute approximate surface area is 182 Å². The molecule has 8 heteroatoms. The van der Waals surface area contributed by atoms with Crippen LogP contribution < -0.4 is 14.8 Å². The highest BCUT2D eigenvalue weighted by Crippen LogP contribution is 2.35. The van der Waals surface area contributed by atoms with Gasteiger partial charge in [0.15, 0.2) is 11.3 Å². The molecule has 0 radical (unpaired) electrons. The van der Waals surface area contributed by atoms with Crippen LogP contribution in [0.25, 0.3) is 22.6 Å². The summed E-state index contributed by atoms with van der Waals surface area (Å²) in [6.45, 7) is 0. The number of hydrogen-bond donors (Lipinski definition) is 1. The fraction of sp³-hybridized carbons (Fsp3) is 0.0909. The van der Waals surface area contributed by atoms with Crippen LogP contribution in [0.4, 0.5) is 5.69 Å². The topological polar surface area (TPSA) is 73.6 Å². The minimum Gasteiger partial charge on any atom is -0.495 e. The molecule has 1 aromatic heterocycles. The maximum atomic E-state index is 12.8. The maximum absolute atomic E-state index is 12.8. The number of nitrogens with one attached hydrogen (secondary N) is 1. The molecule has 0 atom stereocenters. The molecule has 1 N–H and O–H groups in total. The minimum atomic E-state index is -0.408. The fourth-order valence-electron chi connectivity index (χ4n) is 3.01. The quantitative estimate of drug-likeness (QED) is 0.405. The van der Waals surface area contributed by atoms with Crippen LogP contribution in [0.1, 0.15) is 10.4 Å². The van der Waals surface area contributed by atoms with Crippen molar-refractivity contribution in [2.45, 2.75) is 0 Å². The van der Waals surface area contributed by atoms with E-state index in [1.165, 1.54) is 26.4 Å². The average molecular weight is 443 g/mol. The van der Waals surface area contributed by atoms with E-state index in [-0.39, 0.29) is 15.6 Å². The number of anilines is 1. The predicted octanol–water partition coefficient (Wildman–Crippen LogP) is 6.07. The van der Waals surface area contributed by atoms with Gasteiger partial charge >= 0.3 is 0 Å². The first-order valence-electron chi connectivity index (χ1n) is 8.88. The van der Waals surface area contributed by atoms with Crippen molar-refractivity contribution >= 4 is 45.9 Å². The smallest absolute Gasteiger partial charge is 0.255 e. The lowest BCUT2D eigenvalue weighted by molar-refractivity contribution is 0.102. The van der Waals surface area contributed by atoms with Gasteiger partial charge in [0.1, 0.15) is 11.3 Å². The number of oxazole rings is 1. The fourth-order valence-corrected chi connectivity index (χ4v) is 3.66. The van der Waals surface area contributed by atoms with Crippen molar-refractivity contribution in [2.24, 2.45) is 0 Å². The second kappa shape index (κ2) is 8.26. The van der Waals surface area contributed by atoms with Crippen molar-refractivity contribution < 1.29 is 18.7 Å². The van der Waals surface area contributed by atoms with Crippen LogP contribution >= 0.6 is 23.2 Å². The lowest BCUT2D eigenvalue weighted by Crippen LogP contribution is -2.13. The van der Waals surface area contributed by atoms with Crippen molar-refractivity contribution in [3.63, 3.8) is 0 Å². The van der Waals surface area contributed by atoms with E-state index in [9.17, 15) is 4.79 Å². The van der Waals surface area contributed by atoms with Crippen LogP contribution in [0, 0.1) is 0 Å². The molecule has 30 heavy (non-hydrogen) atoms. The Kier molecular flexibility index (Phi) is 5.53. The third-order valence-corrected chi connectivity index (χ3v) is 5.01. The van der Waals surface area contributed by atoms with E-state index in [0.29, 0.717) is 34.2 Å². The zero-order valence-corrected chi connectivity index (χ0v) is 17.5. The first kappa shape index (κ1) is 20.1. The zero-order valence-electron chi connectivity index (χ0n) is 16.0. The third-order valence-electron chi connectivity index (χ3n) is 4.45. The van der Waals surface area contributed by atoms with Crippen molar-refractivity contribution in [3.8, 4) is 23.0 Å². The molecule has 3 aromatic carbocycles. The van der Waals surface area contributed by atoms with Gasteiger partial charge < -0.3 is 19.2 Å². The molecule has 6 nitrogen and oxygen atoms in total. The Morgan fingerprint density at radius 1 is 1.00 bits per heavy atom. The lowest BCUT2D eigenvalue weighted by atomic mass is 10.1. The molecule has 0 spiro atoms. The summed E-state index contributed by atoms with van der Waals surface area (Å²) in [4.78, 5) is 17.3. The Morgan fingerprint density at radius 3 is 2.40 bits per heavy atom. The molecule has 0 aliphatic rings. The number of halogens is 2. The summed E-state index contributed by atoms with van der Waals surface area (Å²) in [5, 5.41) is 3.30. The van der Waals surface area contributed by atoms with Gasteiger partial charge in [-0.25, -0.2) is 4.98 Å². The molecule has 0 unspecified atom stereocenters. The average Bonchev–Trinajstić information content (AvgIpc) is 3.17. The van der Waals surface area contributed by atoms with Gasteiger partial charge in [-0.1, -0.05) is 35.3 Å². The van der Waals surface area contributed by atoms with Gasteiger partial charge in [-0.05, 0) is 42.5 Å². The summed E-state index contributed by atoms with van der Waals surface area (Å²) in [5.74, 6) is 0.818. The van der Waals surface area contributed by atoms with E-state index in [1.807, 2.05) is 24.3 Å². The molecule has 0 saturated heterocycles. The van der Waals surface area contributed by atoms with Crippen molar-refractivity contribution in [2.75, 3.05) is 19.5 Å². The number of amides is 1. The van der Waals surface area contributed by atoms with Crippen LogP contribution in [0.15, 0.2) is 59.0 Å². The van der Waals surface area contributed by atoms with Crippen LogP contribution in [0.5, 0.6) is 11.5 Å². The number of ether oxygens (including phenoxy) is 2. The van der Waals surface area contributed by atoms with Gasteiger partial charge in [0, 0.05) is 11.1 Å². The molecule has 0 aliphatic heterocycles. The summed E-state index contributed by atoms with van der Waals surface area (Å²) < 4.78 is 16.3. The largest absolute Gasteiger partial charge is 0.495 e. The molecule has 4 aromatic rings. The molecule has 152 valence electrons. The summed E-state index contributed by atoms with van der Waals surface area (Å²) in [6.07, 6.45) is 0. The number of hydrogen-bond acceptors (Lipinski definition) is 5. The van der Waals surface area contributed by atoms with Gasteiger partial charge in [-0.15, -0.1) is 0 Å². The van der Waals surface area contributed by atoms with Gasteiger partial charge in [0.2, 0.25) is 5.89 Å². The Balaban J connectivity index is 1.68. The van der Waals surface area contributed by atoms with Crippen molar-refractivity contribution in [1.29, 1.82) is 0 Å². The van der Waals surface area contributed by atoms with Crippen LogP contribution in [-0.4, -0.2) is 25.1 Å². The third kappa shape index (κ3) is 3.79. The van der Waals surface area contributed by atoms with Gasteiger partial charge in [0.05, 0.1) is 30.0 Å². The van der Waals surface area contributed by atoms with E-state index in [4.69, 9.17) is 37.1 Å². The van der Waals surface area contributed by atoms with Crippen LogP contribution in [-0.2, 0) is 0 Å². The molecule has 1 amide bonds. The number of carbonyl (C=O) groups is 1. The SMILES string of the molecule is COc1ccc(-c2nc3ccccc3o2)cc1NC(=O)c1cc(Cl)c(OC)c(Cl)c1. The summed E-state index contributed by atoms with van der Waals surface area (Å²) in [6, 6.07) is 15.7. The normalized spacial score (nSPS) is 10.8. The van der Waals surface area contributed by atoms with E-state index in [0.717, 1.165) is 5.52 Å². The van der Waals surface area contributed by atoms with Crippen LogP contribution in [0.2, 0.25) is 10.0 Å². The maximum Gasteiger partial charge on any atom is 0.255 e. The standard InChI is InChI=1S/C22H16Cl2N2O4/c1-28-18-8-7-12(22-26-16-5-3-4-6-19(16)30-22)11-17(18)25-21(27)13-9-14(23)20(29-2)15(24)10-13/h3-11H,1-2H3,(H,25,27). The molecule has 1 heterocycles. The summed E-state index contributed by atoms with van der Waals surface area (Å²) in [5.41, 5.74) is 2.84. The van der Waals surface area contributed by atoms with E-state index in [1.54, 1.807) is 18.2 Å². The highest BCUT2D eigenvalue weighted by Gasteiger charge is 2.17. The number of rotatable bonds is 5. The number of aromatic nitrogens is 1. The molecular formula is C22H16Cl2N2O4. The number of benzene rings is 3. The number of methoxy groups -OCH3 is 2. The Hall–Kier alpha value is -3.22. The number of fused-ring (bicyclic) bond motifs is 1. The second-order valence-corrected chi connectivity index (χ2v) is 7.14. The van der Waals surface area contributed by atoms with E-state index < -0.39 is 5.91 Å². The van der Waals surface area contributed by atoms with Crippen molar-refractivity contribution in [3.05, 3.63) is 70.2 Å². The second-order valence-electron chi connectivity index (χ2n) is 6.33. The first-order valence-corrected chi connectivity index (χ1v) is 9.64. The highest BCUT2D eigenvalue weighted by atomic mass is 35.5. The molecule has 4 rings (SSSR count). The number of para-hydroxylation sites is 2. The Bertz CT molecular complexity index is 1200. The minimum absolute atomic E-state index is 0.238. The molecular weight excluding hydrogens is 427 g/mol. The van der Waals surface area contributed by atoms with E-state index in [2.05, 4.69) is 10.3 Å². The van der Waals surface area contributed by atoms with Gasteiger partial charge in [0.25, 0.3) is 5.91 Å². The van der Waals surface area contributed by atoms with Crippen LogP contribution in [0.3, 0.4) is 0 Å². The Morgan fingerprint density at radius 2 is 1.73 bits per heavy atom. The zero-order chi connectivity index (χ0) is 21.3. The molecule has 0 aliphatic carbocycles. The molecule has 0 saturated carbocycles. The summed E-state index contributed by atoms with van der Waals surface area (Å²) in [7, 11) is 2.97. The predicted molar refractivity (Wildman–Crippen MR) is 117 cm³/mol.